The van der Waals surface area contributed by atoms with Gasteiger partial charge in [-0.1, -0.05) is 52.4 Å². The molecule has 4 nitrogen and oxygen atoms in total. The average Bonchev–Trinajstić information content (AvgIpc) is 2.25. The van der Waals surface area contributed by atoms with E-state index in [9.17, 15) is 4.57 Å². The van der Waals surface area contributed by atoms with Gasteiger partial charge < -0.3 is 0 Å². The minimum absolute atomic E-state index is 0.774. The number of nitrogens with two attached hydrogens (primary N) is 2. The SMILES string of the molecule is CCCCCCN(CCCCCC)P(N)(N)=O. The molecule has 0 spiro atoms. The first-order chi connectivity index (χ1) is 8.02. The van der Waals surface area contributed by atoms with Crippen LogP contribution < -0.4 is 11.0 Å². The zero-order valence-corrected chi connectivity index (χ0v) is 12.4. The Morgan fingerprint density at radius 3 is 1.53 bits per heavy atom. The molecule has 0 radical (unpaired) electrons. The average molecular weight is 263 g/mol. The Kier molecular flexibility index (Phi) is 10.1. The number of rotatable bonds is 11. The van der Waals surface area contributed by atoms with Crippen molar-refractivity contribution in [2.45, 2.75) is 65.2 Å². The van der Waals surface area contributed by atoms with Crippen LogP contribution in [0.4, 0.5) is 0 Å². The molecule has 0 aliphatic carbocycles. The second kappa shape index (κ2) is 10.1. The lowest BCUT2D eigenvalue weighted by Gasteiger charge is -2.25. The van der Waals surface area contributed by atoms with Gasteiger partial charge in [-0.05, 0) is 12.8 Å². The van der Waals surface area contributed by atoms with Crippen LogP contribution in [0.25, 0.3) is 0 Å². The molecule has 0 saturated carbocycles. The first-order valence-electron chi connectivity index (χ1n) is 6.95. The first-order valence-corrected chi connectivity index (χ1v) is 8.74. The van der Waals surface area contributed by atoms with Gasteiger partial charge in [-0.15, -0.1) is 0 Å². The number of hydrogen-bond acceptors (Lipinski definition) is 1. The van der Waals surface area contributed by atoms with Gasteiger partial charge in [0.05, 0.1) is 0 Å². The van der Waals surface area contributed by atoms with Crippen molar-refractivity contribution in [3.63, 3.8) is 0 Å². The van der Waals surface area contributed by atoms with Gasteiger partial charge in [-0.25, -0.2) is 4.67 Å². The van der Waals surface area contributed by atoms with Crippen molar-refractivity contribution in [2.24, 2.45) is 11.0 Å². The smallest absolute Gasteiger partial charge is 0.271 e. The lowest BCUT2D eigenvalue weighted by molar-refractivity contribution is 0.384. The summed E-state index contributed by atoms with van der Waals surface area (Å²) in [6.07, 6.45) is 9.29. The maximum Gasteiger partial charge on any atom is 0.276 e. The second-order valence-corrected chi connectivity index (χ2v) is 6.66. The van der Waals surface area contributed by atoms with Crippen LogP contribution >= 0.6 is 7.59 Å². The third kappa shape index (κ3) is 9.78. The molecule has 0 rings (SSSR count). The summed E-state index contributed by atoms with van der Waals surface area (Å²) in [6, 6.07) is 0. The molecule has 104 valence electrons. The van der Waals surface area contributed by atoms with Gasteiger partial charge in [0.2, 0.25) is 0 Å². The molecule has 0 unspecified atom stereocenters. The number of hydrogen-bond donors (Lipinski definition) is 2. The summed E-state index contributed by atoms with van der Waals surface area (Å²) in [5.74, 6) is 0. The van der Waals surface area contributed by atoms with Crippen LogP contribution in [0, 0.1) is 0 Å². The van der Waals surface area contributed by atoms with Crippen LogP contribution in [-0.2, 0) is 4.57 Å². The lowest BCUT2D eigenvalue weighted by atomic mass is 10.2. The maximum atomic E-state index is 11.7. The molecule has 0 heterocycles. The van der Waals surface area contributed by atoms with Crippen molar-refractivity contribution in [2.75, 3.05) is 13.1 Å². The first kappa shape index (κ1) is 17.1. The monoisotopic (exact) mass is 263 g/mol. The van der Waals surface area contributed by atoms with Gasteiger partial charge in [0.25, 0.3) is 7.59 Å². The zero-order chi connectivity index (χ0) is 13.1. The summed E-state index contributed by atoms with van der Waals surface area (Å²) >= 11 is 0. The number of unbranched alkanes of at least 4 members (excludes halogenated alkanes) is 6. The molecule has 0 saturated heterocycles. The third-order valence-electron chi connectivity index (χ3n) is 2.98. The molecule has 0 aromatic heterocycles. The topological polar surface area (TPSA) is 72.3 Å². The summed E-state index contributed by atoms with van der Waals surface area (Å²) < 4.78 is 13.5. The van der Waals surface area contributed by atoms with E-state index in [-0.39, 0.29) is 0 Å². The van der Waals surface area contributed by atoms with Gasteiger partial charge in [-0.3, -0.25) is 15.6 Å². The fraction of sp³-hybridized carbons (Fsp3) is 1.00. The Morgan fingerprint density at radius 1 is 0.824 bits per heavy atom. The standard InChI is InChI=1S/C12H30N3OP/c1-3-5-7-9-11-15(17(13,14)16)12-10-8-6-4-2/h3-12H2,1-2H3,(H4,13,14,16). The molecule has 4 N–H and O–H groups in total. The minimum Gasteiger partial charge on any atom is -0.271 e. The lowest BCUT2D eigenvalue weighted by Crippen LogP contribution is -2.30. The molecule has 0 aromatic carbocycles. The van der Waals surface area contributed by atoms with Crippen molar-refractivity contribution in [1.29, 1.82) is 0 Å². The quantitative estimate of drug-likeness (QED) is 0.442. The van der Waals surface area contributed by atoms with Crippen molar-refractivity contribution < 1.29 is 4.57 Å². The molecule has 0 fully saturated rings. The Morgan fingerprint density at radius 2 is 1.24 bits per heavy atom. The molecule has 0 aliphatic rings. The summed E-state index contributed by atoms with van der Waals surface area (Å²) in [6.45, 7) is 5.91. The van der Waals surface area contributed by atoms with Crippen LogP contribution in [0.3, 0.4) is 0 Å². The summed E-state index contributed by atoms with van der Waals surface area (Å²) in [7, 11) is -3.04. The predicted octanol–water partition coefficient (Wildman–Crippen LogP) is 3.47. The van der Waals surface area contributed by atoms with Crippen LogP contribution in [0.1, 0.15) is 65.2 Å². The van der Waals surface area contributed by atoms with Crippen molar-refractivity contribution in [3.8, 4) is 0 Å². The maximum absolute atomic E-state index is 11.7. The van der Waals surface area contributed by atoms with E-state index in [1.807, 2.05) is 0 Å². The van der Waals surface area contributed by atoms with Gasteiger partial charge in [-0.2, -0.15) is 0 Å². The van der Waals surface area contributed by atoms with Crippen LogP contribution in [0.2, 0.25) is 0 Å². The summed E-state index contributed by atoms with van der Waals surface area (Å²) in [5, 5.41) is 0. The van der Waals surface area contributed by atoms with E-state index in [2.05, 4.69) is 13.8 Å². The zero-order valence-electron chi connectivity index (χ0n) is 11.5. The van der Waals surface area contributed by atoms with E-state index < -0.39 is 7.59 Å². The molecule has 0 amide bonds. The van der Waals surface area contributed by atoms with Gasteiger partial charge in [0.15, 0.2) is 0 Å². The summed E-state index contributed by atoms with van der Waals surface area (Å²) in [5.41, 5.74) is 11.1. The molecule has 5 heteroatoms. The second-order valence-electron chi connectivity index (χ2n) is 4.75. The third-order valence-corrected chi connectivity index (χ3v) is 4.27. The molecule has 0 atom stereocenters. The molecule has 0 bridgehead atoms. The fourth-order valence-corrected chi connectivity index (χ4v) is 2.77. The Hall–Kier alpha value is 0.110. The van der Waals surface area contributed by atoms with E-state index in [0.717, 1.165) is 25.9 Å². The van der Waals surface area contributed by atoms with Crippen molar-refractivity contribution in [1.82, 2.24) is 4.67 Å². The van der Waals surface area contributed by atoms with E-state index >= 15 is 0 Å². The van der Waals surface area contributed by atoms with E-state index in [1.165, 1.54) is 38.5 Å². The van der Waals surface area contributed by atoms with Gasteiger partial charge in [0.1, 0.15) is 0 Å². The van der Waals surface area contributed by atoms with Crippen molar-refractivity contribution >= 4 is 7.59 Å². The molecular weight excluding hydrogens is 233 g/mol. The normalized spacial score (nSPS) is 12.3. The molecule has 0 aromatic rings. The minimum atomic E-state index is -3.04. The highest BCUT2D eigenvalue weighted by Crippen LogP contribution is 2.32. The Labute approximate surface area is 107 Å². The van der Waals surface area contributed by atoms with Crippen LogP contribution in [0.15, 0.2) is 0 Å². The molecule has 0 aliphatic heterocycles. The largest absolute Gasteiger partial charge is 0.276 e. The highest BCUT2D eigenvalue weighted by Gasteiger charge is 2.19. The van der Waals surface area contributed by atoms with E-state index in [0.29, 0.717) is 0 Å². The van der Waals surface area contributed by atoms with E-state index in [1.54, 1.807) is 4.67 Å². The van der Waals surface area contributed by atoms with Gasteiger partial charge in [0, 0.05) is 13.1 Å². The Bertz CT molecular complexity index is 206. The van der Waals surface area contributed by atoms with Crippen molar-refractivity contribution in [3.05, 3.63) is 0 Å². The molecule has 17 heavy (non-hydrogen) atoms. The van der Waals surface area contributed by atoms with Crippen LogP contribution in [0.5, 0.6) is 0 Å². The van der Waals surface area contributed by atoms with Gasteiger partial charge >= 0.3 is 0 Å². The fourth-order valence-electron chi connectivity index (χ4n) is 1.87. The highest BCUT2D eigenvalue weighted by atomic mass is 31.2. The summed E-state index contributed by atoms with van der Waals surface area (Å²) in [4.78, 5) is 0. The molecular formula is C12H30N3OP. The van der Waals surface area contributed by atoms with Crippen LogP contribution in [-0.4, -0.2) is 17.8 Å². The Balaban J connectivity index is 3.86. The highest BCUT2D eigenvalue weighted by molar-refractivity contribution is 7.56. The number of nitrogens with zero attached hydrogens (tertiary/aromatic N) is 1. The predicted molar refractivity (Wildman–Crippen MR) is 75.8 cm³/mol. The van der Waals surface area contributed by atoms with E-state index in [4.69, 9.17) is 11.0 Å².